The molecule has 0 radical (unpaired) electrons. The van der Waals surface area contributed by atoms with Crippen LogP contribution in [-0.4, -0.2) is 26.7 Å². The lowest BCUT2D eigenvalue weighted by Crippen LogP contribution is -2.38. The summed E-state index contributed by atoms with van der Waals surface area (Å²) in [5.41, 5.74) is 0.891. The third kappa shape index (κ3) is 2.49. The molecular weight excluding hydrogens is 276 g/mol. The van der Waals surface area contributed by atoms with Crippen LogP contribution in [0.3, 0.4) is 0 Å². The first-order valence-corrected chi connectivity index (χ1v) is 6.83. The van der Waals surface area contributed by atoms with E-state index in [-0.39, 0.29) is 5.38 Å². The third-order valence-electron chi connectivity index (χ3n) is 3.58. The minimum absolute atomic E-state index is 0.326. The minimum atomic E-state index is -0.949. The molecule has 0 N–H and O–H groups in total. The molecule has 0 saturated heterocycles. The first-order valence-electron chi connectivity index (χ1n) is 6.40. The molecule has 108 valence electrons. The topological polar surface area (TPSA) is 27.7 Å². The number of halogens is 1. The van der Waals surface area contributed by atoms with Crippen LogP contribution in [0.4, 0.5) is 0 Å². The molecule has 2 aromatic carbocycles. The van der Waals surface area contributed by atoms with Crippen LogP contribution < -0.4 is 4.74 Å². The van der Waals surface area contributed by atoms with Crippen molar-refractivity contribution in [1.82, 2.24) is 0 Å². The van der Waals surface area contributed by atoms with E-state index in [0.717, 1.165) is 22.1 Å². The van der Waals surface area contributed by atoms with E-state index < -0.39 is 5.79 Å². The van der Waals surface area contributed by atoms with Gasteiger partial charge in [-0.1, -0.05) is 18.2 Å². The van der Waals surface area contributed by atoms with Crippen LogP contribution in [-0.2, 0) is 15.3 Å². The van der Waals surface area contributed by atoms with Gasteiger partial charge in [-0.25, -0.2) is 0 Å². The molecule has 4 heteroatoms. The van der Waals surface area contributed by atoms with Gasteiger partial charge in [0, 0.05) is 19.8 Å². The van der Waals surface area contributed by atoms with E-state index >= 15 is 0 Å². The van der Waals surface area contributed by atoms with Crippen LogP contribution in [0, 0.1) is 0 Å². The number of methoxy groups -OCH3 is 3. The molecule has 0 amide bonds. The van der Waals surface area contributed by atoms with Crippen molar-refractivity contribution in [1.29, 1.82) is 0 Å². The van der Waals surface area contributed by atoms with Crippen molar-refractivity contribution in [3.05, 3.63) is 42.0 Å². The van der Waals surface area contributed by atoms with Crippen LogP contribution in [0.25, 0.3) is 10.8 Å². The Kier molecular flexibility index (Phi) is 4.53. The lowest BCUT2D eigenvalue weighted by molar-refractivity contribution is -0.214. The second kappa shape index (κ2) is 6.00. The zero-order chi connectivity index (χ0) is 14.8. The van der Waals surface area contributed by atoms with Crippen molar-refractivity contribution in [3.63, 3.8) is 0 Å². The molecule has 0 aliphatic heterocycles. The fourth-order valence-corrected chi connectivity index (χ4v) is 2.75. The summed E-state index contributed by atoms with van der Waals surface area (Å²) >= 11 is 6.26. The molecule has 0 aromatic heterocycles. The Labute approximate surface area is 124 Å². The van der Waals surface area contributed by atoms with E-state index in [1.807, 2.05) is 43.3 Å². The molecule has 0 heterocycles. The number of rotatable bonds is 5. The van der Waals surface area contributed by atoms with Gasteiger partial charge in [-0.15, -0.1) is 11.6 Å². The average molecular weight is 295 g/mol. The molecule has 0 fully saturated rings. The zero-order valence-corrected chi connectivity index (χ0v) is 12.9. The molecule has 1 atom stereocenters. The summed E-state index contributed by atoms with van der Waals surface area (Å²) in [5, 5.41) is 1.85. The summed E-state index contributed by atoms with van der Waals surface area (Å²) in [6.07, 6.45) is 0. The van der Waals surface area contributed by atoms with Crippen molar-refractivity contribution >= 4 is 22.4 Å². The van der Waals surface area contributed by atoms with Gasteiger partial charge in [0.2, 0.25) is 5.79 Å². The lowest BCUT2D eigenvalue weighted by atomic mass is 9.98. The fraction of sp³-hybridized carbons (Fsp3) is 0.375. The Morgan fingerprint density at radius 2 is 1.55 bits per heavy atom. The van der Waals surface area contributed by atoms with Crippen molar-refractivity contribution < 1.29 is 14.2 Å². The molecule has 0 bridgehead atoms. The van der Waals surface area contributed by atoms with E-state index in [2.05, 4.69) is 0 Å². The highest BCUT2D eigenvalue weighted by Gasteiger charge is 2.37. The Morgan fingerprint density at radius 1 is 0.950 bits per heavy atom. The number of ether oxygens (including phenoxy) is 3. The molecule has 2 aromatic rings. The van der Waals surface area contributed by atoms with Gasteiger partial charge in [-0.2, -0.15) is 0 Å². The van der Waals surface area contributed by atoms with Crippen LogP contribution in [0.5, 0.6) is 5.75 Å². The maximum absolute atomic E-state index is 6.26. The molecule has 2 rings (SSSR count). The first-order chi connectivity index (χ1) is 9.57. The van der Waals surface area contributed by atoms with Crippen LogP contribution in [0.1, 0.15) is 12.5 Å². The van der Waals surface area contributed by atoms with Gasteiger partial charge >= 0.3 is 0 Å². The second-order valence-electron chi connectivity index (χ2n) is 4.62. The Balaban J connectivity index is 2.55. The van der Waals surface area contributed by atoms with Crippen molar-refractivity contribution in [3.8, 4) is 5.75 Å². The van der Waals surface area contributed by atoms with Crippen molar-refractivity contribution in [2.75, 3.05) is 21.3 Å². The Hall–Kier alpha value is -1.29. The molecule has 0 saturated carbocycles. The summed E-state index contributed by atoms with van der Waals surface area (Å²) in [6.45, 7) is 1.85. The highest BCUT2D eigenvalue weighted by Crippen LogP contribution is 2.35. The average Bonchev–Trinajstić information content (AvgIpc) is 2.48. The van der Waals surface area contributed by atoms with Gasteiger partial charge in [0.1, 0.15) is 5.75 Å². The second-order valence-corrected chi connectivity index (χ2v) is 5.27. The summed E-state index contributed by atoms with van der Waals surface area (Å²) < 4.78 is 16.3. The molecule has 0 aliphatic rings. The minimum Gasteiger partial charge on any atom is -0.497 e. The Bertz CT molecular complexity index is 591. The predicted octanol–water partition coefficient (Wildman–Crippen LogP) is 3.92. The smallest absolute Gasteiger partial charge is 0.211 e. The Morgan fingerprint density at radius 3 is 2.10 bits per heavy atom. The SMILES string of the molecule is COc1ccc2cc(C(OC)(OC)C(C)Cl)ccc2c1. The number of alkyl halides is 1. The lowest BCUT2D eigenvalue weighted by Gasteiger charge is -2.33. The van der Waals surface area contributed by atoms with Crippen LogP contribution >= 0.6 is 11.6 Å². The van der Waals surface area contributed by atoms with E-state index in [4.69, 9.17) is 25.8 Å². The van der Waals surface area contributed by atoms with Gasteiger partial charge in [0.15, 0.2) is 0 Å². The zero-order valence-electron chi connectivity index (χ0n) is 12.1. The maximum Gasteiger partial charge on any atom is 0.211 e. The quantitative estimate of drug-likeness (QED) is 0.618. The van der Waals surface area contributed by atoms with Gasteiger partial charge in [-0.05, 0) is 35.9 Å². The summed E-state index contributed by atoms with van der Waals surface area (Å²) in [7, 11) is 4.85. The van der Waals surface area contributed by atoms with Gasteiger partial charge in [0.25, 0.3) is 0 Å². The number of fused-ring (bicyclic) bond motifs is 1. The molecule has 1 unspecified atom stereocenters. The van der Waals surface area contributed by atoms with E-state index in [9.17, 15) is 0 Å². The summed E-state index contributed by atoms with van der Waals surface area (Å²) in [6, 6.07) is 11.9. The van der Waals surface area contributed by atoms with Gasteiger partial charge < -0.3 is 14.2 Å². The van der Waals surface area contributed by atoms with Crippen LogP contribution in [0.2, 0.25) is 0 Å². The van der Waals surface area contributed by atoms with Gasteiger partial charge in [-0.3, -0.25) is 0 Å². The van der Waals surface area contributed by atoms with E-state index in [0.29, 0.717) is 0 Å². The van der Waals surface area contributed by atoms with E-state index in [1.165, 1.54) is 0 Å². The molecule has 0 aliphatic carbocycles. The highest BCUT2D eigenvalue weighted by molar-refractivity contribution is 6.21. The maximum atomic E-state index is 6.26. The number of hydrogen-bond acceptors (Lipinski definition) is 3. The first kappa shape index (κ1) is 15.1. The molecule has 0 spiro atoms. The predicted molar refractivity (Wildman–Crippen MR) is 81.5 cm³/mol. The molecule has 3 nitrogen and oxygen atoms in total. The normalized spacial score (nSPS) is 13.4. The van der Waals surface area contributed by atoms with Gasteiger partial charge in [0.05, 0.1) is 12.5 Å². The van der Waals surface area contributed by atoms with Crippen LogP contribution in [0.15, 0.2) is 36.4 Å². The van der Waals surface area contributed by atoms with Crippen molar-refractivity contribution in [2.24, 2.45) is 0 Å². The largest absolute Gasteiger partial charge is 0.497 e. The standard InChI is InChI=1S/C16H19ClO3/c1-11(17)16(19-3,20-4)14-7-5-13-10-15(18-2)8-6-12(13)9-14/h5-11H,1-4H3. The summed E-state index contributed by atoms with van der Waals surface area (Å²) in [5.74, 6) is -0.115. The van der Waals surface area contributed by atoms with Crippen molar-refractivity contribution in [2.45, 2.75) is 18.1 Å². The third-order valence-corrected chi connectivity index (χ3v) is 3.87. The number of hydrogen-bond donors (Lipinski definition) is 0. The van der Waals surface area contributed by atoms with E-state index in [1.54, 1.807) is 21.3 Å². The molecule has 20 heavy (non-hydrogen) atoms. The molecular formula is C16H19ClO3. The highest BCUT2D eigenvalue weighted by atomic mass is 35.5. The summed E-state index contributed by atoms with van der Waals surface area (Å²) in [4.78, 5) is 0. The fourth-order valence-electron chi connectivity index (χ4n) is 2.44. The monoisotopic (exact) mass is 294 g/mol. The number of benzene rings is 2.